The first-order chi connectivity index (χ1) is 16.6. The molecule has 1 aliphatic heterocycles. The minimum atomic E-state index is -0.577. The van der Waals surface area contributed by atoms with E-state index in [1.807, 2.05) is 20.8 Å². The molecule has 0 saturated heterocycles. The van der Waals surface area contributed by atoms with Gasteiger partial charge in [-0.2, -0.15) is 0 Å². The lowest BCUT2D eigenvalue weighted by Gasteiger charge is -2.20. The smallest absolute Gasteiger partial charge is 0.256 e. The van der Waals surface area contributed by atoms with Crippen LogP contribution in [0.1, 0.15) is 47.8 Å². The van der Waals surface area contributed by atoms with Crippen LogP contribution in [0.5, 0.6) is 0 Å². The molecule has 8 nitrogen and oxygen atoms in total. The number of hydrogen-bond acceptors (Lipinski definition) is 4. The van der Waals surface area contributed by atoms with Crippen molar-refractivity contribution in [2.75, 3.05) is 32.6 Å². The number of fused-ring (bicyclic) bond motifs is 1. The third-order valence-electron chi connectivity index (χ3n) is 6.10. The van der Waals surface area contributed by atoms with Crippen molar-refractivity contribution in [1.29, 1.82) is 0 Å². The lowest BCUT2D eigenvalue weighted by atomic mass is 10.0. The number of anilines is 1. The van der Waals surface area contributed by atoms with Gasteiger partial charge < -0.3 is 25.3 Å². The van der Waals surface area contributed by atoms with Gasteiger partial charge in [-0.3, -0.25) is 14.4 Å². The van der Waals surface area contributed by atoms with E-state index in [9.17, 15) is 18.8 Å². The van der Waals surface area contributed by atoms with Crippen molar-refractivity contribution < 1.29 is 23.5 Å². The number of amides is 3. The van der Waals surface area contributed by atoms with Crippen molar-refractivity contribution in [2.24, 2.45) is 0 Å². The Morgan fingerprint density at radius 3 is 2.69 bits per heavy atom. The van der Waals surface area contributed by atoms with E-state index in [0.717, 1.165) is 22.5 Å². The topological polar surface area (TPSA) is 104 Å². The Bertz CT molecular complexity index is 1150. The second kappa shape index (κ2) is 11.3. The summed E-state index contributed by atoms with van der Waals surface area (Å²) in [6.07, 6.45) is 2.35. The predicted octanol–water partition coefficient (Wildman–Crippen LogP) is 3.20. The quantitative estimate of drug-likeness (QED) is 0.451. The zero-order valence-electron chi connectivity index (χ0n) is 20.9. The summed E-state index contributed by atoms with van der Waals surface area (Å²) < 4.78 is 19.2. The van der Waals surface area contributed by atoms with Gasteiger partial charge in [-0.1, -0.05) is 0 Å². The largest absolute Gasteiger partial charge is 0.369 e. The van der Waals surface area contributed by atoms with Crippen molar-refractivity contribution >= 4 is 35.1 Å². The normalized spacial score (nSPS) is 14.6. The van der Waals surface area contributed by atoms with Crippen LogP contribution in [0, 0.1) is 19.7 Å². The highest BCUT2D eigenvalue weighted by atomic mass is 19.1. The van der Waals surface area contributed by atoms with Crippen molar-refractivity contribution in [1.82, 2.24) is 15.2 Å². The Hall–Kier alpha value is -3.46. The number of aromatic nitrogens is 1. The SMILES string of the molecule is CCOC(CCNC(=O)CCc1c(C)[nH]c(/C=C2\C(=O)Nc3ccc(F)cc32)c1C)C(=O)N(C)C. The summed E-state index contributed by atoms with van der Waals surface area (Å²) in [7, 11) is 3.35. The van der Waals surface area contributed by atoms with Crippen LogP contribution < -0.4 is 10.6 Å². The molecule has 35 heavy (non-hydrogen) atoms. The highest BCUT2D eigenvalue weighted by Gasteiger charge is 2.25. The molecule has 9 heteroatoms. The van der Waals surface area contributed by atoms with Gasteiger partial charge in [0.05, 0.1) is 5.57 Å². The lowest BCUT2D eigenvalue weighted by Crippen LogP contribution is -2.38. The Morgan fingerprint density at radius 2 is 2.00 bits per heavy atom. The molecule has 3 amide bonds. The van der Waals surface area contributed by atoms with Crippen LogP contribution in [-0.2, 0) is 25.5 Å². The number of nitrogens with zero attached hydrogens (tertiary/aromatic N) is 1. The monoisotopic (exact) mass is 484 g/mol. The summed E-state index contributed by atoms with van der Waals surface area (Å²) in [6.45, 7) is 6.45. The third-order valence-corrected chi connectivity index (χ3v) is 6.10. The highest BCUT2D eigenvalue weighted by molar-refractivity contribution is 6.34. The number of rotatable bonds is 10. The summed E-state index contributed by atoms with van der Waals surface area (Å²) in [5.74, 6) is -0.924. The maximum atomic E-state index is 13.7. The van der Waals surface area contributed by atoms with Gasteiger partial charge in [0, 0.05) is 56.3 Å². The molecule has 0 spiro atoms. The number of ether oxygens (including phenoxy) is 1. The van der Waals surface area contributed by atoms with E-state index in [1.165, 1.54) is 17.0 Å². The molecule has 0 fully saturated rings. The summed E-state index contributed by atoms with van der Waals surface area (Å²) >= 11 is 0. The van der Waals surface area contributed by atoms with E-state index in [0.29, 0.717) is 42.8 Å². The van der Waals surface area contributed by atoms with Crippen LogP contribution >= 0.6 is 0 Å². The van der Waals surface area contributed by atoms with E-state index in [-0.39, 0.29) is 24.1 Å². The minimum absolute atomic E-state index is 0.114. The van der Waals surface area contributed by atoms with Gasteiger partial charge in [0.1, 0.15) is 11.9 Å². The van der Waals surface area contributed by atoms with Gasteiger partial charge in [0.25, 0.3) is 11.8 Å². The number of carbonyl (C=O) groups is 3. The van der Waals surface area contributed by atoms with E-state index in [1.54, 1.807) is 26.2 Å². The molecule has 3 N–H and O–H groups in total. The molecule has 1 unspecified atom stereocenters. The maximum Gasteiger partial charge on any atom is 0.256 e. The molecule has 2 aromatic rings. The summed E-state index contributed by atoms with van der Waals surface area (Å²) in [4.78, 5) is 41.8. The zero-order chi connectivity index (χ0) is 25.7. The van der Waals surface area contributed by atoms with Crippen molar-refractivity contribution in [2.45, 2.75) is 46.1 Å². The first kappa shape index (κ1) is 26.2. The van der Waals surface area contributed by atoms with E-state index in [2.05, 4.69) is 15.6 Å². The highest BCUT2D eigenvalue weighted by Crippen LogP contribution is 2.34. The number of hydrogen-bond donors (Lipinski definition) is 3. The van der Waals surface area contributed by atoms with Crippen LogP contribution in [0.2, 0.25) is 0 Å². The van der Waals surface area contributed by atoms with Crippen LogP contribution in [-0.4, -0.2) is 61.0 Å². The number of aromatic amines is 1. The van der Waals surface area contributed by atoms with Crippen LogP contribution in [0.3, 0.4) is 0 Å². The number of H-pyrrole nitrogens is 1. The van der Waals surface area contributed by atoms with Crippen molar-refractivity contribution in [3.05, 3.63) is 52.1 Å². The molecule has 0 saturated carbocycles. The molecule has 1 aromatic heterocycles. The van der Waals surface area contributed by atoms with Gasteiger partial charge >= 0.3 is 0 Å². The summed E-state index contributed by atoms with van der Waals surface area (Å²) in [5.41, 5.74) is 5.10. The molecule has 188 valence electrons. The van der Waals surface area contributed by atoms with E-state index >= 15 is 0 Å². The molecular formula is C26H33FN4O4. The first-order valence-electron chi connectivity index (χ1n) is 11.7. The average Bonchev–Trinajstić information content (AvgIpc) is 3.25. The van der Waals surface area contributed by atoms with Gasteiger partial charge in [-0.25, -0.2) is 4.39 Å². The molecule has 3 rings (SSSR count). The number of halogens is 1. The van der Waals surface area contributed by atoms with Crippen molar-refractivity contribution in [3.8, 4) is 0 Å². The van der Waals surface area contributed by atoms with Crippen LogP contribution in [0.15, 0.2) is 18.2 Å². The summed E-state index contributed by atoms with van der Waals surface area (Å²) in [5, 5.41) is 5.61. The second-order valence-electron chi connectivity index (χ2n) is 8.78. The third kappa shape index (κ3) is 6.16. The molecule has 0 bridgehead atoms. The van der Waals surface area contributed by atoms with Crippen LogP contribution in [0.25, 0.3) is 11.6 Å². The van der Waals surface area contributed by atoms with Gasteiger partial charge in [0.15, 0.2) is 0 Å². The lowest BCUT2D eigenvalue weighted by molar-refractivity contribution is -0.141. The first-order valence-corrected chi connectivity index (χ1v) is 11.7. The Balaban J connectivity index is 1.62. The number of likely N-dealkylation sites (N-methyl/N-ethyl adjacent to an activating group) is 1. The number of benzene rings is 1. The van der Waals surface area contributed by atoms with Gasteiger partial charge in [-0.05, 0) is 69.0 Å². The zero-order valence-corrected chi connectivity index (χ0v) is 20.9. The van der Waals surface area contributed by atoms with Gasteiger partial charge in [0.2, 0.25) is 5.91 Å². The van der Waals surface area contributed by atoms with Gasteiger partial charge in [-0.15, -0.1) is 0 Å². The molecular weight excluding hydrogens is 451 g/mol. The Kier molecular flexibility index (Phi) is 8.45. The molecule has 1 aliphatic rings. The Morgan fingerprint density at radius 1 is 1.26 bits per heavy atom. The molecule has 1 atom stereocenters. The van der Waals surface area contributed by atoms with E-state index in [4.69, 9.17) is 4.74 Å². The fourth-order valence-electron chi connectivity index (χ4n) is 4.22. The predicted molar refractivity (Wildman–Crippen MR) is 133 cm³/mol. The fourth-order valence-corrected chi connectivity index (χ4v) is 4.22. The van der Waals surface area contributed by atoms with E-state index < -0.39 is 11.9 Å². The number of aryl methyl sites for hydroxylation is 1. The Labute approximate surface area is 204 Å². The molecule has 2 heterocycles. The molecule has 0 radical (unpaired) electrons. The standard InChI is InChI=1S/C26H33FN4O4/c1-6-35-23(26(34)31(4)5)11-12-28-24(32)10-8-18-15(2)22(29-16(18)3)14-20-19-13-17(27)7-9-21(19)30-25(20)33/h7,9,13-14,23,29H,6,8,10-12H2,1-5H3,(H,28,32)(H,30,33)/b20-14-. The summed E-state index contributed by atoms with van der Waals surface area (Å²) in [6, 6.07) is 4.21. The van der Waals surface area contributed by atoms with Crippen LogP contribution in [0.4, 0.5) is 10.1 Å². The number of nitrogens with one attached hydrogen (secondary N) is 3. The van der Waals surface area contributed by atoms with Crippen molar-refractivity contribution in [3.63, 3.8) is 0 Å². The minimum Gasteiger partial charge on any atom is -0.369 e. The average molecular weight is 485 g/mol. The molecule has 0 aliphatic carbocycles. The number of carbonyl (C=O) groups excluding carboxylic acids is 3. The fraction of sp³-hybridized carbons (Fsp3) is 0.423. The maximum absolute atomic E-state index is 13.7. The molecule has 1 aromatic carbocycles. The second-order valence-corrected chi connectivity index (χ2v) is 8.78.